The molecule has 2 atom stereocenters. The predicted octanol–water partition coefficient (Wildman–Crippen LogP) is 10.9. The summed E-state index contributed by atoms with van der Waals surface area (Å²) in [6.07, 6.45) is 14.7. The molecule has 0 amide bonds. The van der Waals surface area contributed by atoms with Crippen LogP contribution in [0.2, 0.25) is 0 Å². The molecule has 0 radical (unpaired) electrons. The van der Waals surface area contributed by atoms with Crippen LogP contribution in [0.25, 0.3) is 11.1 Å². The maximum atomic E-state index is 12.7. The number of rotatable bonds is 20. The SMILES string of the molecule is CCCCCCCCCCOc1ccc(-c2ccc(OC(=O)c3ccc(C(=O)O[C@H](C)[C@@H](C)CCCCC)cc3)cc2)cc1. The van der Waals surface area contributed by atoms with Crippen LogP contribution in [-0.4, -0.2) is 24.6 Å². The van der Waals surface area contributed by atoms with E-state index in [1.54, 1.807) is 36.4 Å². The van der Waals surface area contributed by atoms with Crippen LogP contribution in [-0.2, 0) is 4.74 Å². The number of esters is 2. The van der Waals surface area contributed by atoms with Crippen molar-refractivity contribution < 1.29 is 23.8 Å². The molecule has 0 unspecified atom stereocenters. The lowest BCUT2D eigenvalue weighted by atomic mass is 9.98. The first-order chi connectivity index (χ1) is 21.4. The highest BCUT2D eigenvalue weighted by molar-refractivity contribution is 5.94. The van der Waals surface area contributed by atoms with E-state index in [2.05, 4.69) is 20.8 Å². The number of hydrogen-bond acceptors (Lipinski definition) is 5. The van der Waals surface area contributed by atoms with Crippen molar-refractivity contribution in [3.05, 3.63) is 83.9 Å². The normalized spacial score (nSPS) is 12.4. The topological polar surface area (TPSA) is 61.8 Å². The Bertz CT molecular complexity index is 1230. The summed E-state index contributed by atoms with van der Waals surface area (Å²) in [5.74, 6) is 0.785. The smallest absolute Gasteiger partial charge is 0.343 e. The molecule has 0 bridgehead atoms. The van der Waals surface area contributed by atoms with Crippen LogP contribution in [0.1, 0.15) is 125 Å². The number of carbonyl (C=O) groups is 2. The fourth-order valence-electron chi connectivity index (χ4n) is 5.10. The van der Waals surface area contributed by atoms with Gasteiger partial charge in [-0.3, -0.25) is 0 Å². The minimum Gasteiger partial charge on any atom is -0.494 e. The van der Waals surface area contributed by atoms with Crippen LogP contribution in [0.5, 0.6) is 11.5 Å². The third-order valence-corrected chi connectivity index (χ3v) is 8.23. The van der Waals surface area contributed by atoms with E-state index in [0.29, 0.717) is 22.8 Å². The Hall–Kier alpha value is -3.60. The van der Waals surface area contributed by atoms with Gasteiger partial charge in [0.05, 0.1) is 17.7 Å². The zero-order valence-corrected chi connectivity index (χ0v) is 27.3. The summed E-state index contributed by atoms with van der Waals surface area (Å²) in [7, 11) is 0. The Morgan fingerprint density at radius 2 is 1.05 bits per heavy atom. The molecule has 0 aliphatic heterocycles. The van der Waals surface area contributed by atoms with Gasteiger partial charge in [-0.2, -0.15) is 0 Å². The maximum absolute atomic E-state index is 12.7. The van der Waals surface area contributed by atoms with Crippen molar-refractivity contribution in [3.8, 4) is 22.6 Å². The maximum Gasteiger partial charge on any atom is 0.343 e. The summed E-state index contributed by atoms with van der Waals surface area (Å²) in [6, 6.07) is 22.0. The average Bonchev–Trinajstić information content (AvgIpc) is 3.04. The van der Waals surface area contributed by atoms with E-state index in [9.17, 15) is 9.59 Å². The molecule has 238 valence electrons. The van der Waals surface area contributed by atoms with E-state index in [4.69, 9.17) is 14.2 Å². The first-order valence-electron chi connectivity index (χ1n) is 16.8. The summed E-state index contributed by atoms with van der Waals surface area (Å²) in [5.41, 5.74) is 2.88. The van der Waals surface area contributed by atoms with Gasteiger partial charge in [0.1, 0.15) is 17.6 Å². The number of unbranched alkanes of at least 4 members (excludes halogenated alkanes) is 9. The fourth-order valence-corrected chi connectivity index (χ4v) is 5.10. The van der Waals surface area contributed by atoms with Crippen molar-refractivity contribution in [2.24, 2.45) is 5.92 Å². The number of ether oxygens (including phenoxy) is 3. The standard InChI is InChI=1S/C39H52O5/c1-5-7-9-10-11-12-13-15-29-42-36-25-21-32(22-26-36)33-23-27-37(28-24-33)44-39(41)35-19-17-34(18-20-35)38(40)43-31(4)30(3)16-14-8-6-2/h17-28,30-31H,5-16,29H2,1-4H3/t30-,31+/m0/s1. The van der Waals surface area contributed by atoms with E-state index in [1.807, 2.05) is 43.3 Å². The zero-order chi connectivity index (χ0) is 31.6. The first kappa shape index (κ1) is 34.9. The third-order valence-electron chi connectivity index (χ3n) is 8.23. The van der Waals surface area contributed by atoms with Crippen LogP contribution >= 0.6 is 0 Å². The van der Waals surface area contributed by atoms with Crippen LogP contribution in [0.15, 0.2) is 72.8 Å². The van der Waals surface area contributed by atoms with Crippen molar-refractivity contribution in [1.29, 1.82) is 0 Å². The van der Waals surface area contributed by atoms with Crippen LogP contribution in [0, 0.1) is 5.92 Å². The molecule has 3 rings (SSSR count). The average molecular weight is 601 g/mol. The largest absolute Gasteiger partial charge is 0.494 e. The van der Waals surface area contributed by atoms with Gasteiger partial charge in [-0.25, -0.2) is 9.59 Å². The van der Waals surface area contributed by atoms with Gasteiger partial charge in [0, 0.05) is 0 Å². The molecule has 0 heterocycles. The quantitative estimate of drug-likeness (QED) is 0.0733. The Morgan fingerprint density at radius 3 is 1.61 bits per heavy atom. The van der Waals surface area contributed by atoms with Crippen molar-refractivity contribution in [1.82, 2.24) is 0 Å². The number of hydrogen-bond donors (Lipinski definition) is 0. The number of benzene rings is 3. The Labute approximate surface area is 265 Å². The summed E-state index contributed by atoms with van der Waals surface area (Å²) in [4.78, 5) is 25.3. The molecular formula is C39H52O5. The monoisotopic (exact) mass is 600 g/mol. The highest BCUT2D eigenvalue weighted by atomic mass is 16.5. The van der Waals surface area contributed by atoms with Crippen LogP contribution < -0.4 is 9.47 Å². The molecule has 3 aromatic carbocycles. The van der Waals surface area contributed by atoms with E-state index in [-0.39, 0.29) is 12.1 Å². The third kappa shape index (κ3) is 12.2. The van der Waals surface area contributed by atoms with Gasteiger partial charge in [-0.05, 0) is 85.3 Å². The van der Waals surface area contributed by atoms with Gasteiger partial charge in [-0.15, -0.1) is 0 Å². The van der Waals surface area contributed by atoms with Gasteiger partial charge in [0.25, 0.3) is 0 Å². The van der Waals surface area contributed by atoms with Crippen LogP contribution in [0.4, 0.5) is 0 Å². The van der Waals surface area contributed by atoms with E-state index >= 15 is 0 Å². The van der Waals surface area contributed by atoms with Crippen molar-refractivity contribution >= 4 is 11.9 Å². The summed E-state index contributed by atoms with van der Waals surface area (Å²) < 4.78 is 17.2. The second-order valence-corrected chi connectivity index (χ2v) is 11.9. The zero-order valence-electron chi connectivity index (χ0n) is 27.3. The molecule has 0 saturated heterocycles. The Kier molecular flexibility index (Phi) is 15.6. The second-order valence-electron chi connectivity index (χ2n) is 11.9. The summed E-state index contributed by atoms with van der Waals surface area (Å²) in [5, 5.41) is 0. The molecule has 0 saturated carbocycles. The second kappa shape index (κ2) is 19.6. The molecule has 5 heteroatoms. The molecule has 0 fully saturated rings. The molecule has 0 N–H and O–H groups in total. The molecule has 0 spiro atoms. The van der Waals surface area contributed by atoms with E-state index in [1.165, 1.54) is 57.8 Å². The molecular weight excluding hydrogens is 548 g/mol. The summed E-state index contributed by atoms with van der Waals surface area (Å²) >= 11 is 0. The van der Waals surface area contributed by atoms with Gasteiger partial charge >= 0.3 is 11.9 Å². The van der Waals surface area contributed by atoms with E-state index < -0.39 is 5.97 Å². The molecule has 5 nitrogen and oxygen atoms in total. The Balaban J connectivity index is 1.42. The Morgan fingerprint density at radius 1 is 0.568 bits per heavy atom. The van der Waals surface area contributed by atoms with Crippen molar-refractivity contribution in [3.63, 3.8) is 0 Å². The molecule has 3 aromatic rings. The first-order valence-corrected chi connectivity index (χ1v) is 16.8. The molecule has 44 heavy (non-hydrogen) atoms. The lowest BCUT2D eigenvalue weighted by Crippen LogP contribution is -2.22. The number of carbonyl (C=O) groups excluding carboxylic acids is 2. The lowest BCUT2D eigenvalue weighted by molar-refractivity contribution is 0.0204. The molecule has 0 aromatic heterocycles. The summed E-state index contributed by atoms with van der Waals surface area (Å²) in [6.45, 7) is 9.23. The molecule has 0 aliphatic rings. The van der Waals surface area contributed by atoms with Gasteiger partial charge < -0.3 is 14.2 Å². The van der Waals surface area contributed by atoms with Gasteiger partial charge in [0.15, 0.2) is 0 Å². The molecule has 0 aliphatic carbocycles. The fraction of sp³-hybridized carbons (Fsp3) is 0.487. The van der Waals surface area contributed by atoms with E-state index in [0.717, 1.165) is 42.7 Å². The van der Waals surface area contributed by atoms with Gasteiger partial charge in [-0.1, -0.05) is 109 Å². The minimum absolute atomic E-state index is 0.164. The van der Waals surface area contributed by atoms with Crippen molar-refractivity contribution in [2.45, 2.75) is 111 Å². The van der Waals surface area contributed by atoms with Gasteiger partial charge in [0.2, 0.25) is 0 Å². The minimum atomic E-state index is -0.478. The van der Waals surface area contributed by atoms with Crippen LogP contribution in [0.3, 0.4) is 0 Å². The van der Waals surface area contributed by atoms with Crippen molar-refractivity contribution in [2.75, 3.05) is 6.61 Å². The highest BCUT2D eigenvalue weighted by Gasteiger charge is 2.18. The lowest BCUT2D eigenvalue weighted by Gasteiger charge is -2.20. The highest BCUT2D eigenvalue weighted by Crippen LogP contribution is 2.25. The predicted molar refractivity (Wildman–Crippen MR) is 180 cm³/mol.